The molecule has 2 rings (SSSR count). The van der Waals surface area contributed by atoms with Crippen molar-refractivity contribution in [3.05, 3.63) is 52.1 Å². The predicted molar refractivity (Wildman–Crippen MR) is 66.3 cm³/mol. The number of hydrogen-bond donors (Lipinski definition) is 1. The molecule has 0 saturated heterocycles. The number of pyridine rings is 1. The third-order valence-corrected chi connectivity index (χ3v) is 3.05. The molecular weight excluding hydrogens is 290 g/mol. The van der Waals surface area contributed by atoms with E-state index < -0.39 is 11.6 Å². The van der Waals surface area contributed by atoms with E-state index in [9.17, 15) is 8.78 Å². The molecule has 1 aromatic heterocycles. The number of benzene rings is 1. The van der Waals surface area contributed by atoms with Crippen LogP contribution in [0.3, 0.4) is 0 Å². The van der Waals surface area contributed by atoms with E-state index in [0.29, 0.717) is 11.5 Å². The lowest BCUT2D eigenvalue weighted by Crippen LogP contribution is -1.96. The van der Waals surface area contributed by atoms with Gasteiger partial charge in [-0.3, -0.25) is 0 Å². The number of nitrogens with one attached hydrogen (secondary N) is 1. The summed E-state index contributed by atoms with van der Waals surface area (Å²) >= 11 is 3.34. The number of halogens is 3. The van der Waals surface area contributed by atoms with Crippen LogP contribution in [0.25, 0.3) is 0 Å². The van der Waals surface area contributed by atoms with Crippen LogP contribution in [0.1, 0.15) is 5.69 Å². The van der Waals surface area contributed by atoms with Gasteiger partial charge in [-0.2, -0.15) is 0 Å². The summed E-state index contributed by atoms with van der Waals surface area (Å²) in [7, 11) is 0. The van der Waals surface area contributed by atoms with Crippen molar-refractivity contribution < 1.29 is 8.78 Å². The molecule has 0 aliphatic rings. The molecular formula is C12H9BrF2N2. The van der Waals surface area contributed by atoms with Gasteiger partial charge in [0.25, 0.3) is 0 Å². The van der Waals surface area contributed by atoms with E-state index in [0.717, 1.165) is 22.3 Å². The van der Waals surface area contributed by atoms with Crippen LogP contribution in [0, 0.1) is 18.6 Å². The van der Waals surface area contributed by atoms with Crippen LogP contribution >= 0.6 is 15.9 Å². The minimum Gasteiger partial charge on any atom is -0.340 e. The van der Waals surface area contributed by atoms with Crippen molar-refractivity contribution in [2.24, 2.45) is 0 Å². The molecule has 0 aliphatic carbocycles. The van der Waals surface area contributed by atoms with Crippen molar-refractivity contribution >= 4 is 27.4 Å². The molecule has 1 aromatic carbocycles. The normalized spacial score (nSPS) is 10.4. The van der Waals surface area contributed by atoms with Crippen molar-refractivity contribution in [3.63, 3.8) is 0 Å². The van der Waals surface area contributed by atoms with Crippen molar-refractivity contribution in [1.82, 2.24) is 4.98 Å². The second-order valence-electron chi connectivity index (χ2n) is 3.52. The van der Waals surface area contributed by atoms with Crippen LogP contribution in [0.2, 0.25) is 0 Å². The fourth-order valence-electron chi connectivity index (χ4n) is 1.34. The number of aromatic nitrogens is 1. The molecule has 2 nitrogen and oxygen atoms in total. The summed E-state index contributed by atoms with van der Waals surface area (Å²) in [4.78, 5) is 4.25. The van der Waals surface area contributed by atoms with Crippen LogP contribution in [-0.2, 0) is 0 Å². The smallest absolute Gasteiger partial charge is 0.160 e. The van der Waals surface area contributed by atoms with E-state index >= 15 is 0 Å². The highest BCUT2D eigenvalue weighted by Crippen LogP contribution is 2.20. The first-order valence-electron chi connectivity index (χ1n) is 4.91. The number of hydrogen-bond acceptors (Lipinski definition) is 2. The summed E-state index contributed by atoms with van der Waals surface area (Å²) in [6.45, 7) is 1.85. The van der Waals surface area contributed by atoms with Crippen LogP contribution in [0.15, 0.2) is 34.8 Å². The highest BCUT2D eigenvalue weighted by molar-refractivity contribution is 9.10. The standard InChI is InChI=1S/C12H9BrF2N2/c1-7-9(13)3-5-12(16-7)17-8-2-4-10(14)11(15)6-8/h2-6H,1H3,(H,16,17). The lowest BCUT2D eigenvalue weighted by atomic mass is 10.3. The SMILES string of the molecule is Cc1nc(Nc2ccc(F)c(F)c2)ccc1Br. The second-order valence-corrected chi connectivity index (χ2v) is 4.37. The molecule has 2 aromatic rings. The van der Waals surface area contributed by atoms with Crippen LogP contribution in [0.5, 0.6) is 0 Å². The molecule has 0 radical (unpaired) electrons. The summed E-state index contributed by atoms with van der Waals surface area (Å²) in [5, 5.41) is 2.90. The minimum atomic E-state index is -0.885. The molecule has 0 atom stereocenters. The van der Waals surface area contributed by atoms with Gasteiger partial charge in [0.15, 0.2) is 11.6 Å². The molecule has 0 aliphatic heterocycles. The maximum atomic E-state index is 13.0. The van der Waals surface area contributed by atoms with Gasteiger partial charge in [0.05, 0.1) is 5.69 Å². The Bertz CT molecular complexity index is 509. The molecule has 1 heterocycles. The number of nitrogens with zero attached hydrogens (tertiary/aromatic N) is 1. The molecule has 17 heavy (non-hydrogen) atoms. The summed E-state index contributed by atoms with van der Waals surface area (Å²) in [5.41, 5.74) is 1.27. The van der Waals surface area contributed by atoms with Crippen molar-refractivity contribution in [1.29, 1.82) is 0 Å². The Morgan fingerprint density at radius 1 is 1.12 bits per heavy atom. The Hall–Kier alpha value is -1.49. The minimum absolute atomic E-state index is 0.457. The van der Waals surface area contributed by atoms with Crippen molar-refractivity contribution in [2.75, 3.05) is 5.32 Å². The summed E-state index contributed by atoms with van der Waals surface area (Å²) < 4.78 is 26.6. The van der Waals surface area contributed by atoms with E-state index in [1.807, 2.05) is 13.0 Å². The molecule has 0 saturated carbocycles. The van der Waals surface area contributed by atoms with Gasteiger partial charge in [0.2, 0.25) is 0 Å². The zero-order valence-electron chi connectivity index (χ0n) is 8.97. The summed E-state index contributed by atoms with van der Waals surface area (Å²) in [6, 6.07) is 7.21. The van der Waals surface area contributed by atoms with Gasteiger partial charge in [-0.15, -0.1) is 0 Å². The number of rotatable bonds is 2. The maximum absolute atomic E-state index is 13.0. The first kappa shape index (κ1) is 12.0. The Morgan fingerprint density at radius 2 is 1.88 bits per heavy atom. The average Bonchev–Trinajstić information content (AvgIpc) is 2.29. The number of aryl methyl sites for hydroxylation is 1. The Morgan fingerprint density at radius 3 is 2.53 bits per heavy atom. The quantitative estimate of drug-likeness (QED) is 0.900. The van der Waals surface area contributed by atoms with E-state index in [-0.39, 0.29) is 0 Å². The Balaban J connectivity index is 2.25. The average molecular weight is 299 g/mol. The Kier molecular flexibility index (Phi) is 3.38. The van der Waals surface area contributed by atoms with Crippen molar-refractivity contribution in [2.45, 2.75) is 6.92 Å². The summed E-state index contributed by atoms with van der Waals surface area (Å²) in [6.07, 6.45) is 0. The first-order chi connectivity index (χ1) is 8.06. The molecule has 0 amide bonds. The first-order valence-corrected chi connectivity index (χ1v) is 5.71. The number of anilines is 2. The van der Waals surface area contributed by atoms with Crippen LogP contribution in [0.4, 0.5) is 20.3 Å². The van der Waals surface area contributed by atoms with Gasteiger partial charge in [0.1, 0.15) is 5.82 Å². The largest absolute Gasteiger partial charge is 0.340 e. The predicted octanol–water partition coefficient (Wildman–Crippen LogP) is 4.17. The molecule has 0 unspecified atom stereocenters. The van der Waals surface area contributed by atoms with Gasteiger partial charge in [0, 0.05) is 16.2 Å². The zero-order chi connectivity index (χ0) is 12.4. The van der Waals surface area contributed by atoms with E-state index in [1.165, 1.54) is 6.07 Å². The topological polar surface area (TPSA) is 24.9 Å². The molecule has 0 bridgehead atoms. The van der Waals surface area contributed by atoms with E-state index in [1.54, 1.807) is 6.07 Å². The molecule has 0 fully saturated rings. The lowest BCUT2D eigenvalue weighted by Gasteiger charge is -2.07. The van der Waals surface area contributed by atoms with Gasteiger partial charge in [-0.05, 0) is 47.1 Å². The highest BCUT2D eigenvalue weighted by Gasteiger charge is 2.04. The lowest BCUT2D eigenvalue weighted by molar-refractivity contribution is 0.509. The van der Waals surface area contributed by atoms with Crippen LogP contribution in [-0.4, -0.2) is 4.98 Å². The third kappa shape index (κ3) is 2.79. The van der Waals surface area contributed by atoms with E-state index in [2.05, 4.69) is 26.2 Å². The second kappa shape index (κ2) is 4.79. The van der Waals surface area contributed by atoms with E-state index in [4.69, 9.17) is 0 Å². The molecule has 0 spiro atoms. The third-order valence-electron chi connectivity index (χ3n) is 2.21. The summed E-state index contributed by atoms with van der Waals surface area (Å²) in [5.74, 6) is -1.17. The Labute approximate surface area is 106 Å². The fraction of sp³-hybridized carbons (Fsp3) is 0.0833. The van der Waals surface area contributed by atoms with Gasteiger partial charge in [-0.1, -0.05) is 0 Å². The van der Waals surface area contributed by atoms with Gasteiger partial charge in [-0.25, -0.2) is 13.8 Å². The van der Waals surface area contributed by atoms with Crippen LogP contribution < -0.4 is 5.32 Å². The molecule has 5 heteroatoms. The maximum Gasteiger partial charge on any atom is 0.160 e. The molecule has 88 valence electrons. The fourth-order valence-corrected chi connectivity index (χ4v) is 1.56. The zero-order valence-corrected chi connectivity index (χ0v) is 10.6. The molecule has 1 N–H and O–H groups in total. The van der Waals surface area contributed by atoms with Gasteiger partial charge >= 0.3 is 0 Å². The monoisotopic (exact) mass is 298 g/mol. The highest BCUT2D eigenvalue weighted by atomic mass is 79.9. The van der Waals surface area contributed by atoms with Crippen molar-refractivity contribution in [3.8, 4) is 0 Å². The van der Waals surface area contributed by atoms with Gasteiger partial charge < -0.3 is 5.32 Å².